The van der Waals surface area contributed by atoms with Crippen LogP contribution in [0.4, 0.5) is 0 Å². The molecule has 2 fully saturated rings. The maximum Gasteiger partial charge on any atom is 0.263 e. The average Bonchev–Trinajstić information content (AvgIpc) is 3.32. The van der Waals surface area contributed by atoms with E-state index in [0.717, 1.165) is 37.1 Å². The van der Waals surface area contributed by atoms with E-state index in [1.807, 2.05) is 48.4 Å². The van der Waals surface area contributed by atoms with Crippen LogP contribution in [0.2, 0.25) is 0 Å². The number of ether oxygens (including phenoxy) is 1. The summed E-state index contributed by atoms with van der Waals surface area (Å²) >= 11 is 0. The highest BCUT2D eigenvalue weighted by atomic mass is 16.5. The third kappa shape index (κ3) is 3.41. The molecule has 1 aromatic carbocycles. The first-order chi connectivity index (χ1) is 12.1. The summed E-state index contributed by atoms with van der Waals surface area (Å²) in [7, 11) is 0. The number of carbonyl (C=O) groups is 1. The fourth-order valence-electron chi connectivity index (χ4n) is 3.43. The number of rotatable bonds is 6. The van der Waals surface area contributed by atoms with E-state index < -0.39 is 6.10 Å². The number of benzene rings is 1. The number of hydrogen-bond acceptors (Lipinski definition) is 3. The van der Waals surface area contributed by atoms with Crippen LogP contribution in [-0.2, 0) is 11.3 Å². The van der Waals surface area contributed by atoms with Crippen molar-refractivity contribution in [1.29, 1.82) is 0 Å². The van der Waals surface area contributed by atoms with Crippen LogP contribution in [0.25, 0.3) is 0 Å². The van der Waals surface area contributed by atoms with E-state index in [1.54, 1.807) is 0 Å². The predicted octanol–water partition coefficient (Wildman–Crippen LogP) is 2.99. The zero-order valence-corrected chi connectivity index (χ0v) is 14.9. The van der Waals surface area contributed by atoms with E-state index in [-0.39, 0.29) is 5.91 Å². The van der Waals surface area contributed by atoms with E-state index in [0.29, 0.717) is 5.92 Å². The third-order valence-corrected chi connectivity index (χ3v) is 5.19. The van der Waals surface area contributed by atoms with Gasteiger partial charge in [0, 0.05) is 31.5 Å². The Morgan fingerprint density at radius 2 is 2.00 bits per heavy atom. The van der Waals surface area contributed by atoms with Gasteiger partial charge in [0.15, 0.2) is 6.10 Å². The molecule has 1 saturated heterocycles. The van der Waals surface area contributed by atoms with Crippen molar-refractivity contribution >= 4 is 5.91 Å². The van der Waals surface area contributed by atoms with E-state index in [1.165, 1.54) is 18.5 Å². The van der Waals surface area contributed by atoms with Gasteiger partial charge in [-0.1, -0.05) is 18.2 Å². The van der Waals surface area contributed by atoms with Crippen molar-refractivity contribution in [2.24, 2.45) is 5.92 Å². The van der Waals surface area contributed by atoms with Gasteiger partial charge in [0.2, 0.25) is 0 Å². The Hall–Kier alpha value is -2.30. The number of likely N-dealkylation sites (tertiary alicyclic amines) is 1. The van der Waals surface area contributed by atoms with Crippen LogP contribution < -0.4 is 4.74 Å². The van der Waals surface area contributed by atoms with E-state index in [4.69, 9.17) is 4.74 Å². The van der Waals surface area contributed by atoms with Crippen LogP contribution in [0.15, 0.2) is 36.5 Å². The van der Waals surface area contributed by atoms with Gasteiger partial charge in [-0.2, -0.15) is 0 Å². The van der Waals surface area contributed by atoms with Crippen LogP contribution in [0.3, 0.4) is 0 Å². The van der Waals surface area contributed by atoms with Crippen LogP contribution in [0.1, 0.15) is 37.2 Å². The molecular weight excluding hydrogens is 314 g/mol. The fraction of sp³-hybridized carbons (Fsp3) is 0.500. The number of nitrogens with zero attached hydrogens (tertiary/aromatic N) is 3. The van der Waals surface area contributed by atoms with Gasteiger partial charge in [0.05, 0.1) is 5.92 Å². The summed E-state index contributed by atoms with van der Waals surface area (Å²) < 4.78 is 8.11. The first kappa shape index (κ1) is 16.2. The van der Waals surface area contributed by atoms with Gasteiger partial charge in [-0.05, 0) is 44.7 Å². The van der Waals surface area contributed by atoms with Crippen molar-refractivity contribution in [3.63, 3.8) is 0 Å². The Kier molecular flexibility index (Phi) is 4.24. The molecule has 1 amide bonds. The van der Waals surface area contributed by atoms with Crippen molar-refractivity contribution < 1.29 is 9.53 Å². The summed E-state index contributed by atoms with van der Waals surface area (Å²) in [6.07, 6.45) is 4.17. The first-order valence-corrected chi connectivity index (χ1v) is 9.14. The predicted molar refractivity (Wildman–Crippen MR) is 95.5 cm³/mol. The van der Waals surface area contributed by atoms with E-state index in [2.05, 4.69) is 16.5 Å². The Morgan fingerprint density at radius 3 is 2.68 bits per heavy atom. The number of carbonyl (C=O) groups excluding carboxylic acids is 1. The molecule has 0 spiro atoms. The SMILES string of the molecule is Cc1cnc(C2CN(C(=O)C(C)Oc3ccccc3)C2)n1CC1CC1. The van der Waals surface area contributed by atoms with Crippen molar-refractivity contribution in [3.8, 4) is 5.75 Å². The largest absolute Gasteiger partial charge is 0.481 e. The maximum absolute atomic E-state index is 12.6. The minimum atomic E-state index is -0.462. The number of aromatic nitrogens is 2. The van der Waals surface area contributed by atoms with Crippen molar-refractivity contribution in [2.75, 3.05) is 13.1 Å². The van der Waals surface area contributed by atoms with Crippen molar-refractivity contribution in [3.05, 3.63) is 48.0 Å². The smallest absolute Gasteiger partial charge is 0.263 e. The molecule has 2 aromatic rings. The molecular formula is C20H25N3O2. The summed E-state index contributed by atoms with van der Waals surface area (Å²) in [6.45, 7) is 6.50. The molecule has 4 rings (SSSR count). The minimum absolute atomic E-state index is 0.0529. The normalized spacial score (nSPS) is 18.7. The first-order valence-electron chi connectivity index (χ1n) is 9.14. The van der Waals surface area contributed by atoms with Gasteiger partial charge in [-0.3, -0.25) is 4.79 Å². The molecule has 25 heavy (non-hydrogen) atoms. The summed E-state index contributed by atoms with van der Waals surface area (Å²) in [5, 5.41) is 0. The molecule has 132 valence electrons. The minimum Gasteiger partial charge on any atom is -0.481 e. The maximum atomic E-state index is 12.6. The van der Waals surface area contributed by atoms with Gasteiger partial charge in [0.25, 0.3) is 5.91 Å². The van der Waals surface area contributed by atoms with E-state index >= 15 is 0 Å². The quantitative estimate of drug-likeness (QED) is 0.813. The zero-order chi connectivity index (χ0) is 17.4. The topological polar surface area (TPSA) is 47.4 Å². The second-order valence-corrected chi connectivity index (χ2v) is 7.33. The van der Waals surface area contributed by atoms with Gasteiger partial charge >= 0.3 is 0 Å². The molecule has 5 nitrogen and oxygen atoms in total. The van der Waals surface area contributed by atoms with Crippen LogP contribution in [0.5, 0.6) is 5.75 Å². The molecule has 1 saturated carbocycles. The average molecular weight is 339 g/mol. The molecule has 1 aromatic heterocycles. The van der Waals surface area contributed by atoms with Gasteiger partial charge in [-0.15, -0.1) is 0 Å². The summed E-state index contributed by atoms with van der Waals surface area (Å²) in [6, 6.07) is 9.51. The molecule has 0 N–H and O–H groups in total. The van der Waals surface area contributed by atoms with Crippen molar-refractivity contribution in [1.82, 2.24) is 14.5 Å². The fourth-order valence-corrected chi connectivity index (χ4v) is 3.43. The Labute approximate surface area is 148 Å². The standard InChI is InChI=1S/C20H25N3O2/c1-14-10-21-19(23(14)11-16-8-9-16)17-12-22(13-17)20(24)15(2)25-18-6-4-3-5-7-18/h3-7,10,15-17H,8-9,11-13H2,1-2H3. The Bertz CT molecular complexity index is 746. The molecule has 1 unspecified atom stereocenters. The number of para-hydroxylation sites is 1. The number of hydrogen-bond donors (Lipinski definition) is 0. The third-order valence-electron chi connectivity index (χ3n) is 5.19. The molecule has 1 aliphatic carbocycles. The lowest BCUT2D eigenvalue weighted by Gasteiger charge is -2.40. The molecule has 2 aliphatic rings. The van der Waals surface area contributed by atoms with Crippen LogP contribution in [0, 0.1) is 12.8 Å². The molecule has 5 heteroatoms. The lowest BCUT2D eigenvalue weighted by Crippen LogP contribution is -2.53. The molecule has 1 aliphatic heterocycles. The van der Waals surface area contributed by atoms with Gasteiger partial charge in [0.1, 0.15) is 11.6 Å². The monoisotopic (exact) mass is 339 g/mol. The highest BCUT2D eigenvalue weighted by Gasteiger charge is 2.37. The Morgan fingerprint density at radius 1 is 1.28 bits per heavy atom. The summed E-state index contributed by atoms with van der Waals surface area (Å²) in [5.41, 5.74) is 1.23. The second-order valence-electron chi connectivity index (χ2n) is 7.33. The molecule has 2 heterocycles. The highest BCUT2D eigenvalue weighted by molar-refractivity contribution is 5.81. The summed E-state index contributed by atoms with van der Waals surface area (Å²) in [4.78, 5) is 19.1. The molecule has 0 bridgehead atoms. The molecule has 1 atom stereocenters. The van der Waals surface area contributed by atoms with Crippen molar-refractivity contribution in [2.45, 2.75) is 45.3 Å². The summed E-state index contributed by atoms with van der Waals surface area (Å²) in [5.74, 6) is 3.10. The van der Waals surface area contributed by atoms with Crippen LogP contribution >= 0.6 is 0 Å². The second kappa shape index (κ2) is 6.54. The number of amides is 1. The lowest BCUT2D eigenvalue weighted by atomic mass is 9.98. The highest BCUT2D eigenvalue weighted by Crippen LogP contribution is 2.34. The van der Waals surface area contributed by atoms with Crippen LogP contribution in [-0.4, -0.2) is 39.6 Å². The Balaban J connectivity index is 1.34. The van der Waals surface area contributed by atoms with Gasteiger partial charge in [-0.25, -0.2) is 4.98 Å². The molecule has 0 radical (unpaired) electrons. The van der Waals surface area contributed by atoms with E-state index in [9.17, 15) is 4.79 Å². The lowest BCUT2D eigenvalue weighted by molar-refractivity contribution is -0.142. The zero-order valence-electron chi connectivity index (χ0n) is 14.9. The number of imidazole rings is 1. The number of aryl methyl sites for hydroxylation is 1. The van der Waals surface area contributed by atoms with Gasteiger partial charge < -0.3 is 14.2 Å².